The molecule has 0 aromatic heterocycles. The maximum Gasteiger partial charge on any atom is 0.187 e. The predicted octanol–water partition coefficient (Wildman–Crippen LogP) is -8.72. The summed E-state index contributed by atoms with van der Waals surface area (Å²) in [6, 6.07) is 0. The second kappa shape index (κ2) is 15.0. The molecule has 20 heteroatoms. The van der Waals surface area contributed by atoms with E-state index in [1.807, 2.05) is 0 Å². The second-order valence-electron chi connectivity index (χ2n) is 11.2. The summed E-state index contributed by atoms with van der Waals surface area (Å²) >= 11 is 0. The Morgan fingerprint density at radius 1 is 0.455 bits per heavy atom. The molecule has 258 valence electrons. The van der Waals surface area contributed by atoms with E-state index in [4.69, 9.17) is 33.2 Å². The van der Waals surface area contributed by atoms with Crippen LogP contribution in [0.15, 0.2) is 0 Å². The molecule has 4 aliphatic heterocycles. The Hall–Kier alpha value is -0.800. The molecule has 0 aromatic rings. The Bertz CT molecular complexity index is 898. The number of aliphatic hydroxyl groups excluding tert-OH is 13. The third-order valence-corrected chi connectivity index (χ3v) is 8.14. The van der Waals surface area contributed by atoms with Crippen LogP contribution in [-0.2, 0) is 33.2 Å². The molecule has 20 nitrogen and oxygen atoms in total. The van der Waals surface area contributed by atoms with Gasteiger partial charge in [0.2, 0.25) is 0 Å². The van der Waals surface area contributed by atoms with Crippen LogP contribution in [0, 0.1) is 0 Å². The van der Waals surface area contributed by atoms with Crippen LogP contribution in [0.1, 0.15) is 6.92 Å². The van der Waals surface area contributed by atoms with Gasteiger partial charge in [-0.3, -0.25) is 0 Å². The van der Waals surface area contributed by atoms with Crippen LogP contribution in [0.4, 0.5) is 0 Å². The van der Waals surface area contributed by atoms with Crippen molar-refractivity contribution in [2.75, 3.05) is 19.8 Å². The molecule has 13 N–H and O–H groups in total. The molecule has 20 atom stereocenters. The van der Waals surface area contributed by atoms with E-state index in [-0.39, 0.29) is 0 Å². The molecule has 44 heavy (non-hydrogen) atoms. The van der Waals surface area contributed by atoms with Gasteiger partial charge in [-0.25, -0.2) is 0 Å². The first kappa shape index (κ1) is 36.0. The highest BCUT2D eigenvalue weighted by atomic mass is 16.8. The van der Waals surface area contributed by atoms with Gasteiger partial charge in [-0.15, -0.1) is 0 Å². The van der Waals surface area contributed by atoms with Crippen LogP contribution in [0.25, 0.3) is 0 Å². The molecular weight excluding hydrogens is 608 g/mol. The van der Waals surface area contributed by atoms with Crippen molar-refractivity contribution < 1.29 is 99.5 Å². The minimum atomic E-state index is -1.97. The van der Waals surface area contributed by atoms with Crippen molar-refractivity contribution in [1.82, 2.24) is 0 Å². The summed E-state index contributed by atoms with van der Waals surface area (Å²) in [5, 5.41) is 132. The molecule has 4 fully saturated rings. The predicted molar refractivity (Wildman–Crippen MR) is 132 cm³/mol. The van der Waals surface area contributed by atoms with Crippen LogP contribution in [-0.4, -0.2) is 209 Å². The second-order valence-corrected chi connectivity index (χ2v) is 11.2. The van der Waals surface area contributed by atoms with E-state index in [0.717, 1.165) is 0 Å². The van der Waals surface area contributed by atoms with Crippen molar-refractivity contribution in [3.63, 3.8) is 0 Å². The minimum absolute atomic E-state index is 0.643. The molecule has 0 bridgehead atoms. The van der Waals surface area contributed by atoms with Gasteiger partial charge in [0.15, 0.2) is 25.2 Å². The quantitative estimate of drug-likeness (QED) is 0.110. The molecular formula is C24H42O20. The Balaban J connectivity index is 1.38. The number of aliphatic hydroxyl groups is 13. The lowest BCUT2D eigenvalue weighted by atomic mass is 9.96. The molecule has 0 spiro atoms. The van der Waals surface area contributed by atoms with Crippen molar-refractivity contribution in [2.45, 2.75) is 130 Å². The number of ether oxygens (including phenoxy) is 7. The molecule has 4 aliphatic rings. The number of hydrogen-bond acceptors (Lipinski definition) is 20. The first-order valence-electron chi connectivity index (χ1n) is 14.0. The summed E-state index contributed by atoms with van der Waals surface area (Å²) < 4.78 is 37.7. The molecule has 4 saturated heterocycles. The SMILES string of the molecule is C[C@@H]1O[C@@H](O[C@@H]2[C@@H](O)[C@H](O)O[C@H](CO[C@H]3O[C@H](CO)[C@@H](O)[C@H](O)[C@H]3O)[C@@H]2O)[C@H](O)[C@H](O)[C@H]1O[C@@H]1O[C@H](CO)[C@@H](O)[C@H](O)[C@H]1O. The molecule has 0 amide bonds. The van der Waals surface area contributed by atoms with E-state index in [1.165, 1.54) is 6.92 Å². The normalized spacial score (nSPS) is 53.9. The standard InChI is InChI=1S/C24H42O20/c1-5-19(43-24-16(34)13(31)10(28)7(3-26)42-24)14(32)17(35)23(39-5)44-20-11(29)8(40-21(37)18(20)36)4-38-22-15(33)12(30)9(27)6(2-25)41-22/h5-37H,2-4H2,1H3/t5-,6+,7+,8+,9+,10+,11-,12-,13-,14-,15+,16+,17+,18+,19-,20-,21+,22-,23-,24-/m0/s1. The Kier molecular flexibility index (Phi) is 12.3. The fourth-order valence-corrected chi connectivity index (χ4v) is 5.41. The maximum atomic E-state index is 10.9. The summed E-state index contributed by atoms with van der Waals surface area (Å²) in [5.74, 6) is 0. The smallest absolute Gasteiger partial charge is 0.187 e. The van der Waals surface area contributed by atoms with Crippen molar-refractivity contribution in [2.24, 2.45) is 0 Å². The van der Waals surface area contributed by atoms with Crippen LogP contribution in [0.3, 0.4) is 0 Å². The molecule has 0 radical (unpaired) electrons. The van der Waals surface area contributed by atoms with Crippen molar-refractivity contribution in [3.05, 3.63) is 0 Å². The zero-order chi connectivity index (χ0) is 32.6. The van der Waals surface area contributed by atoms with Gasteiger partial charge in [-0.05, 0) is 6.92 Å². The Morgan fingerprint density at radius 3 is 1.50 bits per heavy atom. The van der Waals surface area contributed by atoms with Crippen LogP contribution < -0.4 is 0 Å². The van der Waals surface area contributed by atoms with E-state index in [9.17, 15) is 66.4 Å². The van der Waals surface area contributed by atoms with Gasteiger partial charge < -0.3 is 99.5 Å². The number of rotatable bonds is 9. The maximum absolute atomic E-state index is 10.9. The average Bonchev–Trinajstić information content (AvgIpc) is 3.00. The highest BCUT2D eigenvalue weighted by Crippen LogP contribution is 2.32. The lowest BCUT2D eigenvalue weighted by Crippen LogP contribution is -2.66. The topological polar surface area (TPSA) is 328 Å². The molecule has 0 aromatic carbocycles. The van der Waals surface area contributed by atoms with Crippen molar-refractivity contribution in [3.8, 4) is 0 Å². The summed E-state index contributed by atoms with van der Waals surface area (Å²) in [7, 11) is 0. The lowest BCUT2D eigenvalue weighted by molar-refractivity contribution is -0.376. The average molecular weight is 651 g/mol. The van der Waals surface area contributed by atoms with E-state index in [2.05, 4.69) is 0 Å². The van der Waals surface area contributed by atoms with E-state index < -0.39 is 143 Å². The van der Waals surface area contributed by atoms with E-state index in [1.54, 1.807) is 0 Å². The zero-order valence-corrected chi connectivity index (χ0v) is 23.3. The fraction of sp³-hybridized carbons (Fsp3) is 1.00. The monoisotopic (exact) mass is 650 g/mol. The zero-order valence-electron chi connectivity index (χ0n) is 23.3. The molecule has 0 unspecified atom stereocenters. The third kappa shape index (κ3) is 7.19. The van der Waals surface area contributed by atoms with Gasteiger partial charge in [-0.2, -0.15) is 0 Å². The van der Waals surface area contributed by atoms with Gasteiger partial charge in [0.25, 0.3) is 0 Å². The van der Waals surface area contributed by atoms with Crippen LogP contribution in [0.5, 0.6) is 0 Å². The first-order valence-corrected chi connectivity index (χ1v) is 14.0. The summed E-state index contributed by atoms with van der Waals surface area (Å²) in [6.45, 7) is -0.742. The van der Waals surface area contributed by atoms with E-state index >= 15 is 0 Å². The highest BCUT2D eigenvalue weighted by Gasteiger charge is 2.53. The van der Waals surface area contributed by atoms with Crippen molar-refractivity contribution >= 4 is 0 Å². The van der Waals surface area contributed by atoms with Gasteiger partial charge in [0.05, 0.1) is 25.9 Å². The van der Waals surface area contributed by atoms with Crippen LogP contribution >= 0.6 is 0 Å². The Labute approximate surface area is 249 Å². The lowest BCUT2D eigenvalue weighted by Gasteiger charge is -2.47. The van der Waals surface area contributed by atoms with Gasteiger partial charge in [0, 0.05) is 0 Å². The van der Waals surface area contributed by atoms with Crippen LogP contribution in [0.2, 0.25) is 0 Å². The molecule has 4 rings (SSSR count). The molecule has 0 saturated carbocycles. The summed E-state index contributed by atoms with van der Waals surface area (Å²) in [6.07, 6.45) is -33.3. The fourth-order valence-electron chi connectivity index (χ4n) is 5.41. The molecule has 4 heterocycles. The largest absolute Gasteiger partial charge is 0.394 e. The van der Waals surface area contributed by atoms with Gasteiger partial charge in [0.1, 0.15) is 91.6 Å². The first-order chi connectivity index (χ1) is 20.7. The molecule has 0 aliphatic carbocycles. The third-order valence-electron chi connectivity index (χ3n) is 8.14. The minimum Gasteiger partial charge on any atom is -0.394 e. The number of hydrogen-bond donors (Lipinski definition) is 13. The van der Waals surface area contributed by atoms with E-state index in [0.29, 0.717) is 0 Å². The highest BCUT2D eigenvalue weighted by molar-refractivity contribution is 4.96. The summed E-state index contributed by atoms with van der Waals surface area (Å²) in [4.78, 5) is 0. The van der Waals surface area contributed by atoms with Gasteiger partial charge in [-0.1, -0.05) is 0 Å². The van der Waals surface area contributed by atoms with Crippen molar-refractivity contribution in [1.29, 1.82) is 0 Å². The Morgan fingerprint density at radius 2 is 0.932 bits per heavy atom. The van der Waals surface area contributed by atoms with Gasteiger partial charge >= 0.3 is 0 Å². The summed E-state index contributed by atoms with van der Waals surface area (Å²) in [5.41, 5.74) is 0.